The molecule has 0 aromatic carbocycles. The zero-order valence-corrected chi connectivity index (χ0v) is 8.76. The van der Waals surface area contributed by atoms with E-state index in [0.29, 0.717) is 11.7 Å². The average Bonchev–Trinajstić information content (AvgIpc) is 2.34. The molecular weight excluding hydrogens is 160 g/mol. The molecule has 72 valence electrons. The molecule has 0 heterocycles. The lowest BCUT2D eigenvalue weighted by Gasteiger charge is -2.32. The van der Waals surface area contributed by atoms with Crippen molar-refractivity contribution in [1.82, 2.24) is 0 Å². The second-order valence-corrected chi connectivity index (χ2v) is 5.29. The largest absolute Gasteiger partial charge is 0.294 e. The smallest absolute Gasteiger partial charge is 0.161 e. The fourth-order valence-electron chi connectivity index (χ4n) is 2.67. The van der Waals surface area contributed by atoms with E-state index in [0.717, 1.165) is 18.8 Å². The van der Waals surface area contributed by atoms with Crippen molar-refractivity contribution in [3.8, 4) is 0 Å². The summed E-state index contributed by atoms with van der Waals surface area (Å²) in [6, 6.07) is 0. The minimum Gasteiger partial charge on any atom is -0.294 e. The molecule has 1 nitrogen and oxygen atoms in total. The zero-order chi connectivity index (χ0) is 9.64. The van der Waals surface area contributed by atoms with Crippen LogP contribution in [-0.4, -0.2) is 5.78 Å². The molecule has 13 heavy (non-hydrogen) atoms. The molecule has 0 bridgehead atoms. The van der Waals surface area contributed by atoms with E-state index in [2.05, 4.69) is 20.8 Å². The first-order valence-corrected chi connectivity index (χ1v) is 5.25. The van der Waals surface area contributed by atoms with Gasteiger partial charge in [0.25, 0.3) is 0 Å². The van der Waals surface area contributed by atoms with E-state index in [1.54, 1.807) is 0 Å². The van der Waals surface area contributed by atoms with Crippen LogP contribution < -0.4 is 0 Å². The predicted molar refractivity (Wildman–Crippen MR) is 53.4 cm³/mol. The monoisotopic (exact) mass is 178 g/mol. The van der Waals surface area contributed by atoms with Gasteiger partial charge < -0.3 is 0 Å². The van der Waals surface area contributed by atoms with E-state index < -0.39 is 0 Å². The van der Waals surface area contributed by atoms with Crippen molar-refractivity contribution in [3.05, 3.63) is 11.6 Å². The summed E-state index contributed by atoms with van der Waals surface area (Å²) in [4.78, 5) is 11.7. The van der Waals surface area contributed by atoms with Crippen LogP contribution in [0.15, 0.2) is 11.6 Å². The van der Waals surface area contributed by atoms with Crippen molar-refractivity contribution in [2.75, 3.05) is 0 Å². The van der Waals surface area contributed by atoms with Gasteiger partial charge in [-0.05, 0) is 37.2 Å². The predicted octanol–water partition coefficient (Wildman–Crippen LogP) is 2.96. The summed E-state index contributed by atoms with van der Waals surface area (Å²) in [5, 5.41) is 0. The summed E-state index contributed by atoms with van der Waals surface area (Å²) >= 11 is 0. The van der Waals surface area contributed by atoms with Gasteiger partial charge in [-0.3, -0.25) is 4.79 Å². The fourth-order valence-corrected chi connectivity index (χ4v) is 2.67. The molecule has 0 aromatic heterocycles. The van der Waals surface area contributed by atoms with Crippen molar-refractivity contribution in [1.29, 1.82) is 0 Å². The fraction of sp³-hybridized carbons (Fsp3) is 0.750. The molecule has 2 rings (SSSR count). The molecule has 0 N–H and O–H groups in total. The number of hydrogen-bond donors (Lipinski definition) is 0. The SMILES string of the molecule is C[C@H]1CCC2=CC(=O)C(C)(C)C[C@@H]21. The molecule has 0 saturated heterocycles. The van der Waals surface area contributed by atoms with Gasteiger partial charge in [-0.15, -0.1) is 0 Å². The average molecular weight is 178 g/mol. The first kappa shape index (κ1) is 8.98. The number of fused-ring (bicyclic) bond motifs is 1. The number of carbonyl (C=O) groups is 1. The molecule has 0 unspecified atom stereocenters. The van der Waals surface area contributed by atoms with Crippen LogP contribution >= 0.6 is 0 Å². The first-order valence-electron chi connectivity index (χ1n) is 5.25. The molecule has 0 aliphatic heterocycles. The Hall–Kier alpha value is -0.590. The van der Waals surface area contributed by atoms with Crippen LogP contribution in [-0.2, 0) is 4.79 Å². The highest BCUT2D eigenvalue weighted by Gasteiger charge is 2.40. The molecular formula is C12H18O. The van der Waals surface area contributed by atoms with Gasteiger partial charge in [0, 0.05) is 5.41 Å². The van der Waals surface area contributed by atoms with Crippen LogP contribution in [0.25, 0.3) is 0 Å². The van der Waals surface area contributed by atoms with E-state index in [4.69, 9.17) is 0 Å². The Bertz CT molecular complexity index is 273. The minimum atomic E-state index is -0.104. The highest BCUT2D eigenvalue weighted by Crippen LogP contribution is 2.46. The summed E-state index contributed by atoms with van der Waals surface area (Å²) in [7, 11) is 0. The van der Waals surface area contributed by atoms with Crippen LogP contribution in [0.4, 0.5) is 0 Å². The van der Waals surface area contributed by atoms with Crippen LogP contribution in [0.5, 0.6) is 0 Å². The van der Waals surface area contributed by atoms with E-state index in [1.807, 2.05) is 6.08 Å². The zero-order valence-electron chi connectivity index (χ0n) is 8.76. The van der Waals surface area contributed by atoms with Crippen molar-refractivity contribution >= 4 is 5.78 Å². The molecule has 2 aliphatic rings. The van der Waals surface area contributed by atoms with Gasteiger partial charge in [0.05, 0.1) is 0 Å². The van der Waals surface area contributed by atoms with Gasteiger partial charge in [-0.2, -0.15) is 0 Å². The highest BCUT2D eigenvalue weighted by atomic mass is 16.1. The van der Waals surface area contributed by atoms with Crippen molar-refractivity contribution in [2.45, 2.75) is 40.0 Å². The molecule has 0 radical (unpaired) electrons. The number of rotatable bonds is 0. The van der Waals surface area contributed by atoms with Gasteiger partial charge in [0.2, 0.25) is 0 Å². The molecule has 1 fully saturated rings. The summed E-state index contributed by atoms with van der Waals surface area (Å²) in [6.07, 6.45) is 5.43. The normalized spacial score (nSPS) is 37.2. The Morgan fingerprint density at radius 3 is 2.85 bits per heavy atom. The lowest BCUT2D eigenvalue weighted by atomic mass is 9.71. The van der Waals surface area contributed by atoms with Crippen LogP contribution in [0, 0.1) is 17.3 Å². The van der Waals surface area contributed by atoms with Crippen LogP contribution in [0.1, 0.15) is 40.0 Å². The summed E-state index contributed by atoms with van der Waals surface area (Å²) in [5.74, 6) is 1.83. The van der Waals surface area contributed by atoms with E-state index in [9.17, 15) is 4.79 Å². The molecule has 1 saturated carbocycles. The van der Waals surface area contributed by atoms with Gasteiger partial charge in [-0.25, -0.2) is 0 Å². The Kier molecular flexibility index (Phi) is 1.86. The quantitative estimate of drug-likeness (QED) is 0.557. The minimum absolute atomic E-state index is 0.104. The number of allylic oxidation sites excluding steroid dienone is 2. The molecule has 0 aromatic rings. The van der Waals surface area contributed by atoms with Crippen molar-refractivity contribution in [3.63, 3.8) is 0 Å². The standard InChI is InChI=1S/C12H18O/c1-8-4-5-9-6-11(13)12(2,3)7-10(8)9/h6,8,10H,4-5,7H2,1-3H3/t8-,10+/m0/s1. The molecule has 0 amide bonds. The van der Waals surface area contributed by atoms with Gasteiger partial charge in [0.15, 0.2) is 5.78 Å². The maximum Gasteiger partial charge on any atom is 0.161 e. The van der Waals surface area contributed by atoms with E-state index >= 15 is 0 Å². The van der Waals surface area contributed by atoms with E-state index in [-0.39, 0.29) is 5.41 Å². The first-order chi connectivity index (χ1) is 6.00. The third-order valence-electron chi connectivity index (χ3n) is 3.77. The number of ketones is 1. The summed E-state index contributed by atoms with van der Waals surface area (Å²) in [6.45, 7) is 6.47. The second kappa shape index (κ2) is 2.70. The van der Waals surface area contributed by atoms with Gasteiger partial charge in [-0.1, -0.05) is 26.3 Å². The molecule has 1 heteroatoms. The van der Waals surface area contributed by atoms with Gasteiger partial charge >= 0.3 is 0 Å². The van der Waals surface area contributed by atoms with Crippen LogP contribution in [0.2, 0.25) is 0 Å². The molecule has 0 spiro atoms. The van der Waals surface area contributed by atoms with Crippen molar-refractivity contribution < 1.29 is 4.79 Å². The Labute approximate surface area is 80.2 Å². The maximum absolute atomic E-state index is 11.7. The highest BCUT2D eigenvalue weighted by molar-refractivity contribution is 5.96. The lowest BCUT2D eigenvalue weighted by molar-refractivity contribution is -0.123. The lowest BCUT2D eigenvalue weighted by Crippen LogP contribution is -2.31. The van der Waals surface area contributed by atoms with Gasteiger partial charge in [0.1, 0.15) is 0 Å². The third-order valence-corrected chi connectivity index (χ3v) is 3.77. The Balaban J connectivity index is 2.32. The second-order valence-electron chi connectivity index (χ2n) is 5.29. The topological polar surface area (TPSA) is 17.1 Å². The van der Waals surface area contributed by atoms with Crippen LogP contribution in [0.3, 0.4) is 0 Å². The Morgan fingerprint density at radius 1 is 1.46 bits per heavy atom. The molecule has 2 aliphatic carbocycles. The maximum atomic E-state index is 11.7. The number of carbonyl (C=O) groups excluding carboxylic acids is 1. The third kappa shape index (κ3) is 1.34. The number of hydrogen-bond acceptors (Lipinski definition) is 1. The summed E-state index contributed by atoms with van der Waals surface area (Å²) < 4.78 is 0. The Morgan fingerprint density at radius 2 is 2.15 bits per heavy atom. The van der Waals surface area contributed by atoms with E-state index in [1.165, 1.54) is 12.0 Å². The molecule has 2 atom stereocenters. The summed E-state index contributed by atoms with van der Waals surface area (Å²) in [5.41, 5.74) is 1.32. The van der Waals surface area contributed by atoms with Crippen molar-refractivity contribution in [2.24, 2.45) is 17.3 Å².